The zero-order chi connectivity index (χ0) is 15.8. The van der Waals surface area contributed by atoms with Gasteiger partial charge >= 0.3 is 6.09 Å². The van der Waals surface area contributed by atoms with Crippen molar-refractivity contribution in [1.29, 1.82) is 0 Å². The molecule has 1 saturated heterocycles. The van der Waals surface area contributed by atoms with E-state index in [0.717, 1.165) is 36.5 Å². The number of hydrogen-bond donors (Lipinski definition) is 2. The molecule has 0 bridgehead atoms. The molecular formula is C15H21N3O3S. The van der Waals surface area contributed by atoms with E-state index in [-0.39, 0.29) is 0 Å². The van der Waals surface area contributed by atoms with Crippen molar-refractivity contribution in [2.45, 2.75) is 13.8 Å². The molecule has 6 nitrogen and oxygen atoms in total. The number of ether oxygens (including phenoxy) is 2. The Hall–Kier alpha value is -1.70. The molecule has 120 valence electrons. The number of nitrogens with one attached hydrogen (secondary N) is 2. The third-order valence-electron chi connectivity index (χ3n) is 2.87. The van der Waals surface area contributed by atoms with Gasteiger partial charge in [0.1, 0.15) is 0 Å². The Morgan fingerprint density at radius 3 is 2.82 bits per heavy atom. The number of anilines is 1. The summed E-state index contributed by atoms with van der Waals surface area (Å²) in [5.74, 6) is 0. The van der Waals surface area contributed by atoms with Gasteiger partial charge in [-0.3, -0.25) is 5.32 Å². The van der Waals surface area contributed by atoms with Crippen LogP contribution < -0.4 is 10.6 Å². The smallest absolute Gasteiger partial charge is 0.413 e. The molecule has 1 aliphatic rings. The first-order valence-electron chi connectivity index (χ1n) is 7.28. The van der Waals surface area contributed by atoms with Crippen molar-refractivity contribution >= 4 is 32.8 Å². The lowest BCUT2D eigenvalue weighted by atomic mass is 10.2. The predicted octanol–water partition coefficient (Wildman–Crippen LogP) is 2.78. The molecule has 2 N–H and O–H groups in total. The molecule has 2 aromatic rings. The molecule has 1 aromatic heterocycles. The molecule has 0 spiro atoms. The quantitative estimate of drug-likeness (QED) is 0.889. The van der Waals surface area contributed by atoms with E-state index < -0.39 is 6.09 Å². The first-order chi connectivity index (χ1) is 10.7. The van der Waals surface area contributed by atoms with Crippen molar-refractivity contribution in [1.82, 2.24) is 10.3 Å². The molecule has 3 rings (SSSR count). The predicted molar refractivity (Wildman–Crippen MR) is 88.7 cm³/mol. The fourth-order valence-electron chi connectivity index (χ4n) is 1.86. The van der Waals surface area contributed by atoms with Crippen LogP contribution in [0.4, 0.5) is 9.93 Å². The third-order valence-corrected chi connectivity index (χ3v) is 3.81. The van der Waals surface area contributed by atoms with Gasteiger partial charge in [0.25, 0.3) is 0 Å². The molecule has 1 aliphatic heterocycles. The highest BCUT2D eigenvalue weighted by atomic mass is 32.1. The van der Waals surface area contributed by atoms with Crippen LogP contribution in [0.3, 0.4) is 0 Å². The van der Waals surface area contributed by atoms with Crippen molar-refractivity contribution in [2.24, 2.45) is 0 Å². The summed E-state index contributed by atoms with van der Waals surface area (Å²) in [4.78, 5) is 15.5. The Kier molecular flexibility index (Phi) is 6.57. The molecule has 1 aromatic carbocycles. The number of morpholine rings is 1. The summed E-state index contributed by atoms with van der Waals surface area (Å²) in [6.45, 7) is 7.98. The van der Waals surface area contributed by atoms with Crippen molar-refractivity contribution in [3.8, 4) is 0 Å². The maximum atomic E-state index is 11.2. The second kappa shape index (κ2) is 8.67. The summed E-state index contributed by atoms with van der Waals surface area (Å²) in [7, 11) is 0. The average molecular weight is 323 g/mol. The number of carbonyl (C=O) groups is 1. The van der Waals surface area contributed by atoms with Crippen molar-refractivity contribution in [2.75, 3.05) is 38.2 Å². The summed E-state index contributed by atoms with van der Waals surface area (Å²) in [6.07, 6.45) is -0.460. The molecule has 2 heterocycles. The molecular weight excluding hydrogens is 302 g/mol. The number of nitrogens with zero attached hydrogens (tertiary/aromatic N) is 1. The van der Waals surface area contributed by atoms with Crippen LogP contribution in [0.15, 0.2) is 18.2 Å². The van der Waals surface area contributed by atoms with E-state index in [1.54, 1.807) is 6.92 Å². The van der Waals surface area contributed by atoms with Crippen molar-refractivity contribution in [3.63, 3.8) is 0 Å². The van der Waals surface area contributed by atoms with Crippen molar-refractivity contribution in [3.05, 3.63) is 23.8 Å². The molecule has 22 heavy (non-hydrogen) atoms. The molecule has 0 radical (unpaired) electrons. The molecule has 1 amide bonds. The maximum absolute atomic E-state index is 11.2. The molecule has 7 heteroatoms. The highest BCUT2D eigenvalue weighted by molar-refractivity contribution is 7.22. The second-order valence-electron chi connectivity index (χ2n) is 4.70. The largest absolute Gasteiger partial charge is 0.450 e. The van der Waals surface area contributed by atoms with Gasteiger partial charge in [0.2, 0.25) is 0 Å². The van der Waals surface area contributed by atoms with Crippen LogP contribution in [0.25, 0.3) is 10.2 Å². The molecule has 0 saturated carbocycles. The molecule has 0 unspecified atom stereocenters. The van der Waals surface area contributed by atoms with E-state index in [1.807, 2.05) is 25.1 Å². The van der Waals surface area contributed by atoms with E-state index in [4.69, 9.17) is 9.47 Å². The van der Waals surface area contributed by atoms with Crippen molar-refractivity contribution < 1.29 is 14.3 Å². The standard InChI is InChI=1S/C11H12N2O2S.C4H9NO/c1-3-15-11(14)13-10-12-8-5-4-7(2)6-9(8)16-10;1-3-6-4-2-5-1/h4-6H,3H2,1-2H3,(H,12,13,14);5H,1-4H2. The minimum Gasteiger partial charge on any atom is -0.450 e. The Labute approximate surface area is 133 Å². The normalized spacial score (nSPS) is 14.1. The van der Waals surface area contributed by atoms with Gasteiger partial charge in [-0.1, -0.05) is 17.4 Å². The van der Waals surface area contributed by atoms with Gasteiger partial charge in [0.05, 0.1) is 30.0 Å². The fourth-order valence-corrected chi connectivity index (χ4v) is 2.81. The number of aryl methyl sites for hydroxylation is 1. The SMILES string of the molecule is C1COCCN1.CCOC(=O)Nc1nc2ccc(C)cc2s1. The monoisotopic (exact) mass is 323 g/mol. The summed E-state index contributed by atoms with van der Waals surface area (Å²) in [5.41, 5.74) is 2.07. The topological polar surface area (TPSA) is 72.5 Å². The van der Waals surface area contributed by atoms with Crippen LogP contribution in [-0.4, -0.2) is 44.0 Å². The van der Waals surface area contributed by atoms with E-state index in [0.29, 0.717) is 11.7 Å². The summed E-state index contributed by atoms with van der Waals surface area (Å²) < 4.78 is 10.9. The Morgan fingerprint density at radius 2 is 2.23 bits per heavy atom. The number of thiazole rings is 1. The van der Waals surface area contributed by atoms with Gasteiger partial charge in [0.15, 0.2) is 5.13 Å². The highest BCUT2D eigenvalue weighted by Crippen LogP contribution is 2.26. The van der Waals surface area contributed by atoms with Crippen LogP contribution in [0.2, 0.25) is 0 Å². The highest BCUT2D eigenvalue weighted by Gasteiger charge is 2.07. The lowest BCUT2D eigenvalue weighted by Crippen LogP contribution is -2.30. The number of aromatic nitrogens is 1. The van der Waals surface area contributed by atoms with Gasteiger partial charge in [0, 0.05) is 13.1 Å². The zero-order valence-corrected chi connectivity index (χ0v) is 13.7. The maximum Gasteiger partial charge on any atom is 0.413 e. The number of benzene rings is 1. The van der Waals surface area contributed by atoms with E-state index in [9.17, 15) is 4.79 Å². The zero-order valence-electron chi connectivity index (χ0n) is 12.8. The number of rotatable bonds is 2. The molecule has 1 fully saturated rings. The van der Waals surface area contributed by atoms with Crippen LogP contribution in [0.1, 0.15) is 12.5 Å². The molecule has 0 aliphatic carbocycles. The lowest BCUT2D eigenvalue weighted by Gasteiger charge is -2.10. The van der Waals surface area contributed by atoms with Crippen LogP contribution in [-0.2, 0) is 9.47 Å². The fraction of sp³-hybridized carbons (Fsp3) is 0.467. The summed E-state index contributed by atoms with van der Waals surface area (Å²) >= 11 is 1.44. The number of hydrogen-bond acceptors (Lipinski definition) is 6. The van der Waals surface area contributed by atoms with E-state index >= 15 is 0 Å². The number of amides is 1. The van der Waals surface area contributed by atoms with Gasteiger partial charge < -0.3 is 14.8 Å². The van der Waals surface area contributed by atoms with Crippen LogP contribution >= 0.6 is 11.3 Å². The third kappa shape index (κ3) is 5.25. The molecule has 0 atom stereocenters. The first-order valence-corrected chi connectivity index (χ1v) is 8.10. The summed E-state index contributed by atoms with van der Waals surface area (Å²) in [5, 5.41) is 6.33. The van der Waals surface area contributed by atoms with Crippen LogP contribution in [0, 0.1) is 6.92 Å². The minimum absolute atomic E-state index is 0.357. The van der Waals surface area contributed by atoms with Crippen LogP contribution in [0.5, 0.6) is 0 Å². The average Bonchev–Trinajstić information content (AvgIpc) is 2.91. The van der Waals surface area contributed by atoms with Gasteiger partial charge in [-0.2, -0.15) is 0 Å². The van der Waals surface area contributed by atoms with Gasteiger partial charge in [-0.15, -0.1) is 0 Å². The second-order valence-corrected chi connectivity index (χ2v) is 5.73. The van der Waals surface area contributed by atoms with E-state index in [2.05, 4.69) is 15.6 Å². The first kappa shape index (κ1) is 16.7. The number of carbonyl (C=O) groups excluding carboxylic acids is 1. The summed E-state index contributed by atoms with van der Waals surface area (Å²) in [6, 6.07) is 5.98. The Balaban J connectivity index is 0.000000246. The minimum atomic E-state index is -0.460. The van der Waals surface area contributed by atoms with Gasteiger partial charge in [-0.05, 0) is 31.5 Å². The Morgan fingerprint density at radius 1 is 1.45 bits per heavy atom. The van der Waals surface area contributed by atoms with E-state index in [1.165, 1.54) is 16.9 Å². The lowest BCUT2D eigenvalue weighted by molar-refractivity contribution is 0.109. The Bertz CT molecular complexity index is 600. The van der Waals surface area contributed by atoms with Gasteiger partial charge in [-0.25, -0.2) is 9.78 Å². The number of fused-ring (bicyclic) bond motifs is 1.